The standard InChI is InChI=1S/C7H3BrF4O2/c8-3-1-4(13)6(9)5(2-3)14-7(10,11)12/h1-2,13H. The van der Waals surface area contributed by atoms with Crippen LogP contribution in [-0.4, -0.2) is 11.5 Å². The minimum Gasteiger partial charge on any atom is -0.505 e. The Morgan fingerprint density at radius 2 is 1.86 bits per heavy atom. The van der Waals surface area contributed by atoms with E-state index < -0.39 is 23.7 Å². The first-order chi connectivity index (χ1) is 6.29. The predicted octanol–water partition coefficient (Wildman–Crippen LogP) is 3.19. The molecule has 0 aliphatic rings. The highest BCUT2D eigenvalue weighted by Crippen LogP contribution is 2.33. The lowest BCUT2D eigenvalue weighted by Crippen LogP contribution is -2.17. The number of phenols is 1. The molecular weight excluding hydrogens is 272 g/mol. The van der Waals surface area contributed by atoms with Gasteiger partial charge in [-0.1, -0.05) is 15.9 Å². The molecule has 78 valence electrons. The van der Waals surface area contributed by atoms with Gasteiger partial charge in [-0.15, -0.1) is 13.2 Å². The van der Waals surface area contributed by atoms with Crippen LogP contribution in [0.3, 0.4) is 0 Å². The van der Waals surface area contributed by atoms with Crippen LogP contribution < -0.4 is 4.74 Å². The van der Waals surface area contributed by atoms with Crippen molar-refractivity contribution in [3.05, 3.63) is 22.4 Å². The summed E-state index contributed by atoms with van der Waals surface area (Å²) in [6.45, 7) is 0. The summed E-state index contributed by atoms with van der Waals surface area (Å²) in [6, 6.07) is 1.68. The molecule has 2 nitrogen and oxygen atoms in total. The zero-order chi connectivity index (χ0) is 10.9. The summed E-state index contributed by atoms with van der Waals surface area (Å²) >= 11 is 2.78. The van der Waals surface area contributed by atoms with E-state index in [0.29, 0.717) is 0 Å². The van der Waals surface area contributed by atoms with E-state index in [9.17, 15) is 17.6 Å². The van der Waals surface area contributed by atoms with Crippen molar-refractivity contribution < 1.29 is 27.4 Å². The first kappa shape index (κ1) is 11.1. The molecule has 1 rings (SSSR count). The summed E-state index contributed by atoms with van der Waals surface area (Å²) in [4.78, 5) is 0. The molecular formula is C7H3BrF4O2. The number of phenolic OH excluding ortho intramolecular Hbond substituents is 1. The molecule has 1 N–H and O–H groups in total. The lowest BCUT2D eigenvalue weighted by Gasteiger charge is -2.10. The Bertz CT molecular complexity index is 350. The first-order valence-corrected chi connectivity index (χ1v) is 4.02. The van der Waals surface area contributed by atoms with Crippen LogP contribution in [0.4, 0.5) is 17.6 Å². The number of benzene rings is 1. The van der Waals surface area contributed by atoms with Gasteiger partial charge in [-0.05, 0) is 12.1 Å². The van der Waals surface area contributed by atoms with Crippen molar-refractivity contribution in [2.75, 3.05) is 0 Å². The fourth-order valence-electron chi connectivity index (χ4n) is 0.749. The Morgan fingerprint density at radius 3 is 2.36 bits per heavy atom. The van der Waals surface area contributed by atoms with Crippen LogP contribution in [0.2, 0.25) is 0 Å². The molecule has 14 heavy (non-hydrogen) atoms. The molecule has 0 aromatic heterocycles. The van der Waals surface area contributed by atoms with E-state index in [0.717, 1.165) is 12.1 Å². The van der Waals surface area contributed by atoms with Crippen LogP contribution in [0.5, 0.6) is 11.5 Å². The highest BCUT2D eigenvalue weighted by atomic mass is 79.9. The van der Waals surface area contributed by atoms with Crippen LogP contribution in [-0.2, 0) is 0 Å². The summed E-state index contributed by atoms with van der Waals surface area (Å²) in [6.07, 6.45) is -4.99. The van der Waals surface area contributed by atoms with Gasteiger partial charge in [0.1, 0.15) is 0 Å². The van der Waals surface area contributed by atoms with Crippen LogP contribution in [0.1, 0.15) is 0 Å². The normalized spacial score (nSPS) is 11.5. The number of aromatic hydroxyl groups is 1. The molecule has 1 aromatic rings. The summed E-state index contributed by atoms with van der Waals surface area (Å²) < 4.78 is 51.3. The molecule has 0 atom stereocenters. The number of hydrogen-bond donors (Lipinski definition) is 1. The lowest BCUT2D eigenvalue weighted by molar-refractivity contribution is -0.275. The van der Waals surface area contributed by atoms with Gasteiger partial charge in [0.25, 0.3) is 0 Å². The van der Waals surface area contributed by atoms with Crippen molar-refractivity contribution in [3.63, 3.8) is 0 Å². The summed E-state index contributed by atoms with van der Waals surface area (Å²) in [5.74, 6) is -3.45. The highest BCUT2D eigenvalue weighted by Gasteiger charge is 2.33. The van der Waals surface area contributed by atoms with Gasteiger partial charge >= 0.3 is 6.36 Å². The van der Waals surface area contributed by atoms with Crippen molar-refractivity contribution in [2.24, 2.45) is 0 Å². The second kappa shape index (κ2) is 3.64. The van der Waals surface area contributed by atoms with Crippen molar-refractivity contribution in [2.45, 2.75) is 6.36 Å². The fourth-order valence-corrected chi connectivity index (χ4v) is 1.17. The van der Waals surface area contributed by atoms with E-state index in [1.807, 2.05) is 0 Å². The number of rotatable bonds is 1. The van der Waals surface area contributed by atoms with Crippen LogP contribution in [0.25, 0.3) is 0 Å². The Balaban J connectivity index is 3.09. The summed E-state index contributed by atoms with van der Waals surface area (Å²) in [5.41, 5.74) is 0. The zero-order valence-corrected chi connectivity index (χ0v) is 7.99. The van der Waals surface area contributed by atoms with E-state index in [4.69, 9.17) is 5.11 Å². The van der Waals surface area contributed by atoms with E-state index in [1.54, 1.807) is 0 Å². The molecule has 0 heterocycles. The molecule has 0 bridgehead atoms. The Kier molecular flexibility index (Phi) is 2.89. The van der Waals surface area contributed by atoms with Crippen molar-refractivity contribution >= 4 is 15.9 Å². The van der Waals surface area contributed by atoms with Gasteiger partial charge in [0.15, 0.2) is 11.5 Å². The number of alkyl halides is 3. The molecule has 0 aliphatic carbocycles. The molecule has 0 saturated heterocycles. The minimum atomic E-state index is -4.99. The van der Waals surface area contributed by atoms with Crippen LogP contribution in [0, 0.1) is 5.82 Å². The maximum atomic E-state index is 12.8. The molecule has 0 unspecified atom stereocenters. The first-order valence-electron chi connectivity index (χ1n) is 3.23. The third-order valence-electron chi connectivity index (χ3n) is 1.21. The highest BCUT2D eigenvalue weighted by molar-refractivity contribution is 9.10. The molecule has 1 aromatic carbocycles. The van der Waals surface area contributed by atoms with Crippen molar-refractivity contribution in [3.8, 4) is 11.5 Å². The maximum Gasteiger partial charge on any atom is 0.573 e. The molecule has 0 saturated carbocycles. The van der Waals surface area contributed by atoms with E-state index in [2.05, 4.69) is 20.7 Å². The average Bonchev–Trinajstić information content (AvgIpc) is 1.96. The quantitative estimate of drug-likeness (QED) is 0.797. The molecule has 7 heteroatoms. The van der Waals surface area contributed by atoms with Gasteiger partial charge < -0.3 is 9.84 Å². The van der Waals surface area contributed by atoms with Gasteiger partial charge in [-0.2, -0.15) is 4.39 Å². The summed E-state index contributed by atoms with van der Waals surface area (Å²) in [7, 11) is 0. The smallest absolute Gasteiger partial charge is 0.505 e. The third-order valence-corrected chi connectivity index (χ3v) is 1.67. The molecule has 0 fully saturated rings. The SMILES string of the molecule is Oc1cc(Br)cc(OC(F)(F)F)c1F. The Hall–Kier alpha value is -0.980. The van der Waals surface area contributed by atoms with Crippen molar-refractivity contribution in [1.29, 1.82) is 0 Å². The summed E-state index contributed by atoms with van der Waals surface area (Å²) in [5, 5.41) is 8.83. The topological polar surface area (TPSA) is 29.5 Å². The number of ether oxygens (including phenoxy) is 1. The number of halogens is 5. The average molecular weight is 275 g/mol. The monoisotopic (exact) mass is 274 g/mol. The minimum absolute atomic E-state index is 0.0793. The van der Waals surface area contributed by atoms with Gasteiger partial charge in [-0.3, -0.25) is 0 Å². The molecule has 0 radical (unpaired) electrons. The van der Waals surface area contributed by atoms with E-state index in [1.165, 1.54) is 0 Å². The molecule has 0 spiro atoms. The maximum absolute atomic E-state index is 12.8. The Labute approximate surface area is 84.2 Å². The van der Waals surface area contributed by atoms with Crippen molar-refractivity contribution in [1.82, 2.24) is 0 Å². The van der Waals surface area contributed by atoms with Crippen LogP contribution in [0.15, 0.2) is 16.6 Å². The fraction of sp³-hybridized carbons (Fsp3) is 0.143. The van der Waals surface area contributed by atoms with Crippen LogP contribution >= 0.6 is 15.9 Å². The number of hydrogen-bond acceptors (Lipinski definition) is 2. The zero-order valence-electron chi connectivity index (χ0n) is 6.40. The molecule has 0 aliphatic heterocycles. The van der Waals surface area contributed by atoms with E-state index in [-0.39, 0.29) is 4.47 Å². The van der Waals surface area contributed by atoms with Gasteiger partial charge in [0.05, 0.1) is 0 Å². The third kappa shape index (κ3) is 2.76. The van der Waals surface area contributed by atoms with E-state index >= 15 is 0 Å². The lowest BCUT2D eigenvalue weighted by atomic mass is 10.3. The second-order valence-electron chi connectivity index (χ2n) is 2.28. The van der Waals surface area contributed by atoms with Gasteiger partial charge in [-0.25, -0.2) is 0 Å². The van der Waals surface area contributed by atoms with Gasteiger partial charge in [0.2, 0.25) is 5.82 Å². The molecule has 0 amide bonds. The largest absolute Gasteiger partial charge is 0.573 e. The van der Waals surface area contributed by atoms with Gasteiger partial charge in [0, 0.05) is 4.47 Å². The Morgan fingerprint density at radius 1 is 1.29 bits per heavy atom. The second-order valence-corrected chi connectivity index (χ2v) is 3.20. The predicted molar refractivity (Wildman–Crippen MR) is 42.4 cm³/mol.